The van der Waals surface area contributed by atoms with Crippen LogP contribution in [0.5, 0.6) is 0 Å². The minimum Gasteiger partial charge on any atom is -0.453 e. The van der Waals surface area contributed by atoms with Gasteiger partial charge in [-0.3, -0.25) is 4.90 Å². The monoisotopic (exact) mass is 269 g/mol. The average Bonchev–Trinajstić information content (AvgIpc) is 2.73. The van der Waals surface area contributed by atoms with Crippen molar-refractivity contribution in [1.82, 2.24) is 15.5 Å². The highest BCUT2D eigenvalue weighted by molar-refractivity contribution is 5.67. The van der Waals surface area contributed by atoms with E-state index in [1.165, 1.54) is 12.7 Å². The van der Waals surface area contributed by atoms with Crippen LogP contribution in [0.3, 0.4) is 0 Å². The Morgan fingerprint density at radius 2 is 2.16 bits per heavy atom. The largest absolute Gasteiger partial charge is 0.453 e. The van der Waals surface area contributed by atoms with Crippen LogP contribution in [0.25, 0.3) is 0 Å². The molecule has 1 amide bonds. The summed E-state index contributed by atoms with van der Waals surface area (Å²) in [4.78, 5) is 13.4. The predicted molar refractivity (Wildman–Crippen MR) is 77.3 cm³/mol. The number of likely N-dealkylation sites (tertiary alicyclic amines) is 1. The minimum absolute atomic E-state index is 0.114. The highest BCUT2D eigenvalue weighted by atomic mass is 16.5. The molecule has 1 heterocycles. The Morgan fingerprint density at radius 1 is 1.47 bits per heavy atom. The first-order valence-electron chi connectivity index (χ1n) is 6.78. The molecule has 1 unspecified atom stereocenters. The minimum atomic E-state index is -0.347. The summed E-state index contributed by atoms with van der Waals surface area (Å²) in [6.07, 6.45) is 0.620. The summed E-state index contributed by atoms with van der Waals surface area (Å²) in [5.74, 6) is 0. The van der Waals surface area contributed by atoms with Gasteiger partial charge in [-0.25, -0.2) is 4.79 Å². The fraction of sp³-hybridized carbons (Fsp3) is 0.786. The fourth-order valence-corrected chi connectivity index (χ4v) is 2.08. The topological polar surface area (TPSA) is 53.6 Å². The van der Waals surface area contributed by atoms with Gasteiger partial charge < -0.3 is 15.4 Å². The normalized spacial score (nSPS) is 20.3. The maximum absolute atomic E-state index is 11.1. The lowest BCUT2D eigenvalue weighted by molar-refractivity contribution is 0.166. The Morgan fingerprint density at radius 3 is 2.74 bits per heavy atom. The van der Waals surface area contributed by atoms with E-state index in [0.717, 1.165) is 32.6 Å². The third-order valence-electron chi connectivity index (χ3n) is 3.10. The van der Waals surface area contributed by atoms with Crippen LogP contribution < -0.4 is 10.6 Å². The number of carbonyl (C=O) groups is 1. The number of nitrogens with zero attached hydrogens (tertiary/aromatic N) is 1. The molecule has 0 aromatic carbocycles. The number of carbonyl (C=O) groups excluding carboxylic acids is 1. The van der Waals surface area contributed by atoms with E-state index in [-0.39, 0.29) is 17.7 Å². The molecule has 0 saturated carbocycles. The van der Waals surface area contributed by atoms with Gasteiger partial charge in [0.15, 0.2) is 0 Å². The average molecular weight is 269 g/mol. The summed E-state index contributed by atoms with van der Waals surface area (Å²) in [6, 6.07) is 0.191. The number of methoxy groups -OCH3 is 1. The first-order chi connectivity index (χ1) is 8.80. The first kappa shape index (κ1) is 16.0. The molecule has 110 valence electrons. The molecule has 1 fully saturated rings. The summed E-state index contributed by atoms with van der Waals surface area (Å²) in [6.45, 7) is 14.1. The Balaban J connectivity index is 2.24. The zero-order chi connectivity index (χ0) is 14.5. The number of amides is 1. The lowest BCUT2D eigenvalue weighted by Crippen LogP contribution is -2.39. The lowest BCUT2D eigenvalue weighted by atomic mass is 10.1. The van der Waals surface area contributed by atoms with E-state index < -0.39 is 0 Å². The summed E-state index contributed by atoms with van der Waals surface area (Å²) < 4.78 is 4.61. The van der Waals surface area contributed by atoms with E-state index in [0.29, 0.717) is 0 Å². The van der Waals surface area contributed by atoms with Crippen molar-refractivity contribution in [3.05, 3.63) is 12.2 Å². The van der Waals surface area contributed by atoms with E-state index in [1.807, 2.05) is 0 Å². The third kappa shape index (κ3) is 6.59. The smallest absolute Gasteiger partial charge is 0.407 e. The number of hydrogen-bond acceptors (Lipinski definition) is 4. The zero-order valence-corrected chi connectivity index (χ0v) is 12.6. The van der Waals surface area contributed by atoms with Crippen molar-refractivity contribution in [3.63, 3.8) is 0 Å². The van der Waals surface area contributed by atoms with E-state index >= 15 is 0 Å². The molecule has 1 aliphatic rings. The molecule has 1 saturated heterocycles. The molecule has 1 aliphatic heterocycles. The van der Waals surface area contributed by atoms with Crippen LogP contribution in [-0.2, 0) is 4.74 Å². The first-order valence-corrected chi connectivity index (χ1v) is 6.78. The Labute approximate surface area is 116 Å². The van der Waals surface area contributed by atoms with Crippen LogP contribution in [0.2, 0.25) is 0 Å². The van der Waals surface area contributed by atoms with Crippen molar-refractivity contribution >= 4 is 6.09 Å². The van der Waals surface area contributed by atoms with Crippen molar-refractivity contribution in [2.45, 2.75) is 38.8 Å². The molecule has 0 aromatic heterocycles. The van der Waals surface area contributed by atoms with E-state index in [4.69, 9.17) is 0 Å². The van der Waals surface area contributed by atoms with Gasteiger partial charge in [0, 0.05) is 37.8 Å². The SMILES string of the molecule is C=C(CNC(C)(C)C)CN1CCC(NC(=O)OC)C1. The second-order valence-electron chi connectivity index (χ2n) is 6.21. The van der Waals surface area contributed by atoms with Gasteiger partial charge in [-0.15, -0.1) is 0 Å². The molecular weight excluding hydrogens is 242 g/mol. The van der Waals surface area contributed by atoms with Crippen LogP contribution in [0.1, 0.15) is 27.2 Å². The number of hydrogen-bond donors (Lipinski definition) is 2. The Bertz CT molecular complexity index is 323. The van der Waals surface area contributed by atoms with Crippen LogP contribution in [-0.4, -0.2) is 55.9 Å². The molecule has 1 atom stereocenters. The molecule has 0 bridgehead atoms. The van der Waals surface area contributed by atoms with E-state index in [2.05, 4.69) is 47.6 Å². The second kappa shape index (κ2) is 6.91. The summed E-state index contributed by atoms with van der Waals surface area (Å²) in [5, 5.41) is 6.27. The van der Waals surface area contributed by atoms with Crippen molar-refractivity contribution < 1.29 is 9.53 Å². The number of ether oxygens (including phenoxy) is 1. The molecule has 5 nitrogen and oxygen atoms in total. The van der Waals surface area contributed by atoms with Crippen molar-refractivity contribution in [2.75, 3.05) is 33.3 Å². The predicted octanol–water partition coefficient (Wildman–Crippen LogP) is 1.36. The maximum atomic E-state index is 11.1. The molecule has 0 aromatic rings. The number of rotatable bonds is 5. The molecule has 1 rings (SSSR count). The van der Waals surface area contributed by atoms with E-state index in [1.54, 1.807) is 0 Å². The van der Waals surface area contributed by atoms with Gasteiger partial charge in [-0.05, 0) is 32.8 Å². The van der Waals surface area contributed by atoms with Crippen molar-refractivity contribution in [3.8, 4) is 0 Å². The van der Waals surface area contributed by atoms with Gasteiger partial charge in [0.2, 0.25) is 0 Å². The molecule has 2 N–H and O–H groups in total. The Kier molecular flexibility index (Phi) is 5.82. The molecule has 19 heavy (non-hydrogen) atoms. The van der Waals surface area contributed by atoms with Crippen LogP contribution in [0.15, 0.2) is 12.2 Å². The standard InChI is InChI=1S/C14H27N3O2/c1-11(8-15-14(2,3)4)9-17-7-6-12(10-17)16-13(18)19-5/h12,15H,1,6-10H2,2-5H3,(H,16,18). The summed E-state index contributed by atoms with van der Waals surface area (Å²) in [7, 11) is 1.39. The summed E-state index contributed by atoms with van der Waals surface area (Å²) in [5.41, 5.74) is 1.29. The van der Waals surface area contributed by atoms with Gasteiger partial charge in [-0.2, -0.15) is 0 Å². The molecule has 0 aliphatic carbocycles. The Hall–Kier alpha value is -1.07. The van der Waals surface area contributed by atoms with Crippen LogP contribution >= 0.6 is 0 Å². The van der Waals surface area contributed by atoms with Crippen molar-refractivity contribution in [2.24, 2.45) is 0 Å². The molecular formula is C14H27N3O2. The van der Waals surface area contributed by atoms with Crippen LogP contribution in [0, 0.1) is 0 Å². The fourth-order valence-electron chi connectivity index (χ4n) is 2.08. The highest BCUT2D eigenvalue weighted by Gasteiger charge is 2.24. The van der Waals surface area contributed by atoms with Gasteiger partial charge in [-0.1, -0.05) is 6.58 Å². The summed E-state index contributed by atoms with van der Waals surface area (Å²) >= 11 is 0. The quantitative estimate of drug-likeness (QED) is 0.740. The van der Waals surface area contributed by atoms with Gasteiger partial charge >= 0.3 is 6.09 Å². The molecule has 0 radical (unpaired) electrons. The maximum Gasteiger partial charge on any atom is 0.407 e. The number of nitrogens with one attached hydrogen (secondary N) is 2. The van der Waals surface area contributed by atoms with Crippen LogP contribution in [0.4, 0.5) is 4.79 Å². The third-order valence-corrected chi connectivity index (χ3v) is 3.10. The zero-order valence-electron chi connectivity index (χ0n) is 12.6. The second-order valence-corrected chi connectivity index (χ2v) is 6.21. The van der Waals surface area contributed by atoms with Gasteiger partial charge in [0.1, 0.15) is 0 Å². The lowest BCUT2D eigenvalue weighted by Gasteiger charge is -2.23. The molecule has 5 heteroatoms. The molecule has 0 spiro atoms. The highest BCUT2D eigenvalue weighted by Crippen LogP contribution is 2.11. The van der Waals surface area contributed by atoms with Gasteiger partial charge in [0.05, 0.1) is 7.11 Å². The van der Waals surface area contributed by atoms with E-state index in [9.17, 15) is 4.79 Å². The van der Waals surface area contributed by atoms with Gasteiger partial charge in [0.25, 0.3) is 0 Å². The van der Waals surface area contributed by atoms with Crippen molar-refractivity contribution in [1.29, 1.82) is 0 Å². The number of alkyl carbamates (subject to hydrolysis) is 1.